The molecular formula is C38H53N5O5. The number of aryl methyl sites for hydroxylation is 3. The highest BCUT2D eigenvalue weighted by Gasteiger charge is 2.22. The number of benzene rings is 3. The summed E-state index contributed by atoms with van der Waals surface area (Å²) < 4.78 is 16.1. The van der Waals surface area contributed by atoms with Crippen LogP contribution in [-0.2, 0) is 9.53 Å². The average molecular weight is 660 g/mol. The van der Waals surface area contributed by atoms with Crippen molar-refractivity contribution < 1.29 is 23.8 Å². The van der Waals surface area contributed by atoms with Crippen molar-refractivity contribution in [2.24, 2.45) is 0 Å². The van der Waals surface area contributed by atoms with Crippen LogP contribution < -0.4 is 25.4 Å². The van der Waals surface area contributed by atoms with E-state index in [9.17, 15) is 9.59 Å². The van der Waals surface area contributed by atoms with Crippen LogP contribution in [0.5, 0.6) is 17.2 Å². The number of carbonyl (C=O) groups excluding carboxylic acids is 2. The summed E-state index contributed by atoms with van der Waals surface area (Å²) in [5.41, 5.74) is 9.90. The van der Waals surface area contributed by atoms with Gasteiger partial charge in [-0.2, -0.15) is 0 Å². The van der Waals surface area contributed by atoms with E-state index >= 15 is 0 Å². The maximum absolute atomic E-state index is 12.4. The molecule has 1 aromatic heterocycles. The Bertz CT molecular complexity index is 1570. The van der Waals surface area contributed by atoms with Gasteiger partial charge in [0, 0.05) is 18.7 Å². The minimum atomic E-state index is -0.502. The van der Waals surface area contributed by atoms with Crippen molar-refractivity contribution in [2.45, 2.75) is 88.2 Å². The molecule has 48 heavy (non-hydrogen) atoms. The lowest BCUT2D eigenvalue weighted by Gasteiger charge is -2.25. The molecule has 4 rings (SSSR count). The number of ether oxygens (including phenoxy) is 3. The summed E-state index contributed by atoms with van der Waals surface area (Å²) >= 11 is 0. The molecule has 1 heterocycles. The Kier molecular flexibility index (Phi) is 17.2. The summed E-state index contributed by atoms with van der Waals surface area (Å²) in [6.07, 6.45) is 2.17. The second kappa shape index (κ2) is 20.2. The summed E-state index contributed by atoms with van der Waals surface area (Å²) in [4.78, 5) is 33.6. The monoisotopic (exact) mass is 659 g/mol. The standard InChI is InChI=1S/C20H20N4O2.C13H19NO3.C3H8.C2H6/c1-13-11-17(26-16-7-5-4-6-8-16)9-10-18(13)24(15(3)25)19-14(2)22-12-23-20(19)21;1-9-6-10(8-11(7-9)16-5)14-12(15)17-13(2,3)4;1-3-2;1-2/h4-12H,1-3H3,(H2,21,22,23);6-8H,1-5H3,(H,14,15);3H2,1-2H3;1-2H3. The van der Waals surface area contributed by atoms with E-state index in [1.807, 2.05) is 109 Å². The number of hydrogen-bond donors (Lipinski definition) is 2. The van der Waals surface area contributed by atoms with Crippen LogP contribution in [0.25, 0.3) is 0 Å². The van der Waals surface area contributed by atoms with Crippen molar-refractivity contribution in [1.82, 2.24) is 9.97 Å². The summed E-state index contributed by atoms with van der Waals surface area (Å²) in [7, 11) is 1.59. The summed E-state index contributed by atoms with van der Waals surface area (Å²) in [5.74, 6) is 2.23. The third-order valence-electron chi connectivity index (χ3n) is 5.89. The van der Waals surface area contributed by atoms with Crippen LogP contribution in [0.3, 0.4) is 0 Å². The Balaban J connectivity index is 0.000000453. The minimum Gasteiger partial charge on any atom is -0.497 e. The molecule has 4 aromatic rings. The molecule has 10 heteroatoms. The highest BCUT2D eigenvalue weighted by molar-refractivity contribution is 6.02. The quantitative estimate of drug-likeness (QED) is 0.209. The molecule has 0 radical (unpaired) electrons. The number of para-hydroxylation sites is 1. The van der Waals surface area contributed by atoms with Crippen LogP contribution in [0.2, 0.25) is 0 Å². The van der Waals surface area contributed by atoms with Crippen LogP contribution >= 0.6 is 0 Å². The third-order valence-corrected chi connectivity index (χ3v) is 5.89. The van der Waals surface area contributed by atoms with Crippen molar-refractivity contribution >= 4 is 34.9 Å². The van der Waals surface area contributed by atoms with Crippen LogP contribution in [0, 0.1) is 20.8 Å². The molecule has 0 aliphatic rings. The van der Waals surface area contributed by atoms with Crippen LogP contribution in [0.1, 0.15) is 78.6 Å². The number of carbonyl (C=O) groups is 2. The molecule has 260 valence electrons. The number of anilines is 4. The molecule has 0 atom stereocenters. The van der Waals surface area contributed by atoms with Gasteiger partial charge in [-0.1, -0.05) is 52.3 Å². The molecule has 0 aliphatic heterocycles. The molecule has 0 fully saturated rings. The van der Waals surface area contributed by atoms with Crippen LogP contribution in [0.4, 0.5) is 27.7 Å². The number of nitrogens with two attached hydrogens (primary N) is 1. The van der Waals surface area contributed by atoms with Gasteiger partial charge in [0.05, 0.1) is 18.5 Å². The Morgan fingerprint density at radius 1 is 0.875 bits per heavy atom. The van der Waals surface area contributed by atoms with Crippen molar-refractivity contribution in [1.29, 1.82) is 0 Å². The SMILES string of the molecule is CC.CC(=O)N(c1ccc(Oc2ccccc2)cc1C)c1c(C)ncnc1N.CCC.COc1cc(C)cc(NC(=O)OC(C)(C)C)c1. The summed E-state index contributed by atoms with van der Waals surface area (Å²) in [5, 5.41) is 2.67. The lowest BCUT2D eigenvalue weighted by Crippen LogP contribution is -2.27. The highest BCUT2D eigenvalue weighted by atomic mass is 16.6. The summed E-state index contributed by atoms with van der Waals surface area (Å²) in [6, 6.07) is 20.6. The Hall–Kier alpha value is -5.12. The zero-order valence-electron chi connectivity index (χ0n) is 30.6. The molecule has 10 nitrogen and oxygen atoms in total. The number of nitrogen functional groups attached to an aromatic ring is 1. The largest absolute Gasteiger partial charge is 0.497 e. The second-order valence-corrected chi connectivity index (χ2v) is 11.5. The molecule has 3 N–H and O–H groups in total. The van der Waals surface area contributed by atoms with E-state index in [1.54, 1.807) is 20.1 Å². The van der Waals surface area contributed by atoms with Gasteiger partial charge in [0.25, 0.3) is 0 Å². The number of hydrogen-bond acceptors (Lipinski definition) is 8. The van der Waals surface area contributed by atoms with Gasteiger partial charge in [-0.3, -0.25) is 15.0 Å². The maximum Gasteiger partial charge on any atom is 0.412 e. The Morgan fingerprint density at radius 3 is 2.02 bits per heavy atom. The van der Waals surface area contributed by atoms with Crippen molar-refractivity contribution in [3.8, 4) is 17.2 Å². The molecule has 0 bridgehead atoms. The number of aromatic nitrogens is 2. The maximum atomic E-state index is 12.4. The van der Waals surface area contributed by atoms with Crippen LogP contribution in [-0.4, -0.2) is 34.7 Å². The zero-order chi connectivity index (χ0) is 36.4. The number of rotatable bonds is 6. The van der Waals surface area contributed by atoms with Gasteiger partial charge in [0.15, 0.2) is 5.82 Å². The third kappa shape index (κ3) is 13.7. The normalized spacial score (nSPS) is 10.0. The molecule has 0 aliphatic carbocycles. The fraction of sp³-hybridized carbons (Fsp3) is 0.368. The van der Waals surface area contributed by atoms with E-state index in [0.29, 0.717) is 34.3 Å². The average Bonchev–Trinajstić information content (AvgIpc) is 3.00. The van der Waals surface area contributed by atoms with E-state index in [-0.39, 0.29) is 11.7 Å². The molecule has 0 saturated carbocycles. The van der Waals surface area contributed by atoms with Gasteiger partial charge < -0.3 is 19.9 Å². The number of nitrogens with one attached hydrogen (secondary N) is 1. The second-order valence-electron chi connectivity index (χ2n) is 11.5. The first kappa shape index (κ1) is 40.9. The number of nitrogens with zero attached hydrogens (tertiary/aromatic N) is 3. The molecule has 0 spiro atoms. The lowest BCUT2D eigenvalue weighted by molar-refractivity contribution is -0.115. The molecule has 3 aromatic carbocycles. The van der Waals surface area contributed by atoms with Gasteiger partial charge in [0.2, 0.25) is 5.91 Å². The smallest absolute Gasteiger partial charge is 0.412 e. The minimum absolute atomic E-state index is 0.172. The first-order chi connectivity index (χ1) is 22.7. The summed E-state index contributed by atoms with van der Waals surface area (Å²) in [6.45, 7) is 20.8. The van der Waals surface area contributed by atoms with Gasteiger partial charge in [0.1, 0.15) is 34.9 Å². The van der Waals surface area contributed by atoms with Gasteiger partial charge in [-0.05, 0) is 95.1 Å². The highest BCUT2D eigenvalue weighted by Crippen LogP contribution is 2.35. The van der Waals surface area contributed by atoms with Gasteiger partial charge in [-0.25, -0.2) is 14.8 Å². The molecule has 0 saturated heterocycles. The van der Waals surface area contributed by atoms with E-state index in [1.165, 1.54) is 24.6 Å². The molecule has 0 unspecified atom stereocenters. The molecular weight excluding hydrogens is 606 g/mol. The predicted molar refractivity (Wildman–Crippen MR) is 197 cm³/mol. The Morgan fingerprint density at radius 2 is 1.50 bits per heavy atom. The molecule has 2 amide bonds. The van der Waals surface area contributed by atoms with E-state index in [0.717, 1.165) is 16.9 Å². The van der Waals surface area contributed by atoms with Gasteiger partial charge >= 0.3 is 6.09 Å². The number of amides is 2. The van der Waals surface area contributed by atoms with Crippen molar-refractivity contribution in [3.63, 3.8) is 0 Å². The lowest BCUT2D eigenvalue weighted by atomic mass is 10.1. The Labute approximate surface area is 286 Å². The first-order valence-electron chi connectivity index (χ1n) is 16.1. The van der Waals surface area contributed by atoms with Gasteiger partial charge in [-0.15, -0.1) is 0 Å². The fourth-order valence-corrected chi connectivity index (χ4v) is 4.14. The first-order valence-corrected chi connectivity index (χ1v) is 16.1. The van der Waals surface area contributed by atoms with Crippen molar-refractivity contribution in [2.75, 3.05) is 23.1 Å². The topological polar surface area (TPSA) is 129 Å². The fourth-order valence-electron chi connectivity index (χ4n) is 4.14. The van der Waals surface area contributed by atoms with E-state index in [2.05, 4.69) is 29.1 Å². The van der Waals surface area contributed by atoms with Crippen LogP contribution in [0.15, 0.2) is 73.1 Å². The van der Waals surface area contributed by atoms with E-state index in [4.69, 9.17) is 19.9 Å². The van der Waals surface area contributed by atoms with Crippen molar-refractivity contribution in [3.05, 3.63) is 89.9 Å². The zero-order valence-corrected chi connectivity index (χ0v) is 30.6. The predicted octanol–water partition coefficient (Wildman–Crippen LogP) is 9.95. The van der Waals surface area contributed by atoms with E-state index < -0.39 is 11.7 Å². The number of methoxy groups -OCH3 is 1.